The van der Waals surface area contributed by atoms with Crippen molar-refractivity contribution in [3.8, 4) is 11.1 Å². The number of pyridine rings is 2. The first kappa shape index (κ1) is 19.5. The smallest absolute Gasteiger partial charge is 0.154 e. The molecule has 0 spiro atoms. The summed E-state index contributed by atoms with van der Waals surface area (Å²) in [6.07, 6.45) is 7.58. The first-order chi connectivity index (χ1) is 15.0. The van der Waals surface area contributed by atoms with E-state index in [1.807, 2.05) is 46.3 Å². The molecule has 0 unspecified atom stereocenters. The Labute approximate surface area is 180 Å². The third-order valence-corrected chi connectivity index (χ3v) is 5.53. The molecule has 5 heterocycles. The van der Waals surface area contributed by atoms with Gasteiger partial charge in [-0.15, -0.1) is 5.10 Å². The molecule has 5 rings (SSSR count). The molecule has 1 fully saturated rings. The van der Waals surface area contributed by atoms with Crippen LogP contribution in [0.25, 0.3) is 22.2 Å². The molecule has 9 heteroatoms. The number of rotatable bonds is 6. The number of aromatic nitrogens is 6. The number of fused-ring (bicyclic) bond motifs is 1. The molecule has 0 bridgehead atoms. The average molecular weight is 416 g/mol. The quantitative estimate of drug-likeness (QED) is 0.463. The van der Waals surface area contributed by atoms with Crippen LogP contribution in [-0.2, 0) is 6.54 Å². The minimum Gasteiger partial charge on any atom is -0.323 e. The molecule has 0 amide bonds. The van der Waals surface area contributed by atoms with Crippen LogP contribution >= 0.6 is 0 Å². The van der Waals surface area contributed by atoms with Gasteiger partial charge in [0, 0.05) is 49.1 Å². The Morgan fingerprint density at radius 2 is 1.94 bits per heavy atom. The summed E-state index contributed by atoms with van der Waals surface area (Å²) in [5.41, 5.74) is 4.77. The van der Waals surface area contributed by atoms with Crippen LogP contribution in [0.5, 0.6) is 0 Å². The number of hydrogen-bond donors (Lipinski definition) is 2. The van der Waals surface area contributed by atoms with Crippen molar-refractivity contribution in [2.75, 3.05) is 18.4 Å². The molecule has 0 atom stereocenters. The van der Waals surface area contributed by atoms with Crippen LogP contribution in [0, 0.1) is 5.92 Å². The fourth-order valence-electron chi connectivity index (χ4n) is 3.73. The van der Waals surface area contributed by atoms with E-state index >= 15 is 0 Å². The predicted octanol–water partition coefficient (Wildman–Crippen LogP) is 2.96. The van der Waals surface area contributed by atoms with Crippen molar-refractivity contribution in [2.45, 2.75) is 26.3 Å². The average Bonchev–Trinajstić information content (AvgIpc) is 3.21. The molecule has 3 N–H and O–H groups in total. The standard InChI is InChI=1S/C22H25N9/c1-14(2)16-6-22(29-25-8-16)28-21-4-3-19-20(27-21)5-17(7-24-19)18-9-26-31(13-18)12-15-10-30(23)11-15/h3-9,13-15H,10-12,23H2,1-2H3,(H,27,28,29). The minimum atomic E-state index is 0.381. The number of nitrogens with zero attached hydrogens (tertiary/aromatic N) is 7. The Hall–Kier alpha value is -3.43. The van der Waals surface area contributed by atoms with Crippen LogP contribution < -0.4 is 11.2 Å². The van der Waals surface area contributed by atoms with Gasteiger partial charge < -0.3 is 5.32 Å². The first-order valence-corrected chi connectivity index (χ1v) is 10.4. The SMILES string of the molecule is CC(C)c1cnnc(Nc2ccc3ncc(-c4cnn(CC5CN(N)C5)c4)cc3n2)c1. The number of nitrogens with two attached hydrogens (primary N) is 1. The van der Waals surface area contributed by atoms with Crippen LogP contribution in [0.1, 0.15) is 25.3 Å². The second-order valence-electron chi connectivity index (χ2n) is 8.38. The van der Waals surface area contributed by atoms with E-state index in [9.17, 15) is 0 Å². The van der Waals surface area contributed by atoms with Crippen LogP contribution in [0.4, 0.5) is 11.6 Å². The lowest BCUT2D eigenvalue weighted by Gasteiger charge is -2.35. The van der Waals surface area contributed by atoms with Gasteiger partial charge in [-0.05, 0) is 35.7 Å². The van der Waals surface area contributed by atoms with E-state index in [1.54, 1.807) is 6.20 Å². The van der Waals surface area contributed by atoms with E-state index in [4.69, 9.17) is 10.8 Å². The minimum absolute atomic E-state index is 0.381. The lowest BCUT2D eigenvalue weighted by Crippen LogP contribution is -2.52. The zero-order chi connectivity index (χ0) is 21.4. The molecule has 0 radical (unpaired) electrons. The lowest BCUT2D eigenvalue weighted by molar-refractivity contribution is 0.0862. The highest BCUT2D eigenvalue weighted by Gasteiger charge is 2.24. The van der Waals surface area contributed by atoms with Gasteiger partial charge in [0.05, 0.1) is 23.4 Å². The van der Waals surface area contributed by atoms with Crippen LogP contribution in [0.2, 0.25) is 0 Å². The van der Waals surface area contributed by atoms with Gasteiger partial charge in [-0.2, -0.15) is 10.2 Å². The summed E-state index contributed by atoms with van der Waals surface area (Å²) < 4.78 is 1.98. The third-order valence-electron chi connectivity index (χ3n) is 5.53. The first-order valence-electron chi connectivity index (χ1n) is 10.4. The molecule has 31 heavy (non-hydrogen) atoms. The highest BCUT2D eigenvalue weighted by atomic mass is 15.4. The summed E-state index contributed by atoms with van der Waals surface area (Å²) in [7, 11) is 0. The summed E-state index contributed by atoms with van der Waals surface area (Å²) >= 11 is 0. The van der Waals surface area contributed by atoms with Crippen molar-refractivity contribution in [3.63, 3.8) is 0 Å². The summed E-state index contributed by atoms with van der Waals surface area (Å²) in [4.78, 5) is 9.30. The fourth-order valence-corrected chi connectivity index (χ4v) is 3.73. The van der Waals surface area contributed by atoms with E-state index in [0.717, 1.165) is 47.4 Å². The maximum absolute atomic E-state index is 5.73. The maximum atomic E-state index is 5.73. The number of hydrogen-bond acceptors (Lipinski definition) is 8. The monoisotopic (exact) mass is 415 g/mol. The summed E-state index contributed by atoms with van der Waals surface area (Å²) in [6.45, 7) is 6.96. The van der Waals surface area contributed by atoms with Crippen molar-refractivity contribution < 1.29 is 0 Å². The molecular formula is C22H25N9. The molecule has 1 aliphatic heterocycles. The molecule has 9 nitrogen and oxygen atoms in total. The molecule has 1 saturated heterocycles. The number of anilines is 2. The van der Waals surface area contributed by atoms with E-state index in [0.29, 0.717) is 23.5 Å². The molecule has 4 aromatic rings. The Morgan fingerprint density at radius 3 is 2.74 bits per heavy atom. The Bertz CT molecular complexity index is 1210. The van der Waals surface area contributed by atoms with Crippen molar-refractivity contribution in [1.29, 1.82) is 0 Å². The van der Waals surface area contributed by atoms with Crippen molar-refractivity contribution >= 4 is 22.7 Å². The van der Waals surface area contributed by atoms with Gasteiger partial charge in [-0.3, -0.25) is 15.5 Å². The van der Waals surface area contributed by atoms with Gasteiger partial charge in [0.1, 0.15) is 5.82 Å². The number of hydrazine groups is 1. The molecule has 0 aliphatic carbocycles. The topological polar surface area (TPSA) is 111 Å². The normalized spacial score (nSPS) is 14.8. The predicted molar refractivity (Wildman–Crippen MR) is 119 cm³/mol. The van der Waals surface area contributed by atoms with Crippen LogP contribution in [0.15, 0.2) is 49.1 Å². The second-order valence-corrected chi connectivity index (χ2v) is 8.38. The van der Waals surface area contributed by atoms with E-state index < -0.39 is 0 Å². The van der Waals surface area contributed by atoms with E-state index in [1.165, 1.54) is 0 Å². The van der Waals surface area contributed by atoms with Crippen molar-refractivity contribution in [1.82, 2.24) is 35.0 Å². The van der Waals surface area contributed by atoms with E-state index in [-0.39, 0.29) is 0 Å². The highest BCUT2D eigenvalue weighted by molar-refractivity contribution is 5.81. The molecular weight excluding hydrogens is 390 g/mol. The lowest BCUT2D eigenvalue weighted by atomic mass is 10.0. The zero-order valence-electron chi connectivity index (χ0n) is 17.6. The molecule has 0 aromatic carbocycles. The Balaban J connectivity index is 1.37. The van der Waals surface area contributed by atoms with Gasteiger partial charge >= 0.3 is 0 Å². The highest BCUT2D eigenvalue weighted by Crippen LogP contribution is 2.24. The van der Waals surface area contributed by atoms with Crippen LogP contribution in [-0.4, -0.2) is 48.0 Å². The summed E-state index contributed by atoms with van der Waals surface area (Å²) in [5.74, 6) is 8.04. The zero-order valence-corrected chi connectivity index (χ0v) is 17.6. The largest absolute Gasteiger partial charge is 0.323 e. The Kier molecular flexibility index (Phi) is 5.05. The molecule has 0 saturated carbocycles. The summed E-state index contributed by atoms with van der Waals surface area (Å²) in [5, 5.41) is 17.8. The second kappa shape index (κ2) is 8.01. The molecule has 158 valence electrons. The van der Waals surface area contributed by atoms with E-state index in [2.05, 4.69) is 45.6 Å². The molecule has 4 aromatic heterocycles. The Morgan fingerprint density at radius 1 is 1.06 bits per heavy atom. The van der Waals surface area contributed by atoms with Gasteiger partial charge in [0.15, 0.2) is 5.82 Å². The van der Waals surface area contributed by atoms with Gasteiger partial charge in [0.2, 0.25) is 0 Å². The summed E-state index contributed by atoms with van der Waals surface area (Å²) in [6, 6.07) is 7.89. The fraction of sp³-hybridized carbons (Fsp3) is 0.318. The number of nitrogens with one attached hydrogen (secondary N) is 1. The third kappa shape index (κ3) is 4.23. The van der Waals surface area contributed by atoms with Crippen molar-refractivity contribution in [2.24, 2.45) is 11.8 Å². The van der Waals surface area contributed by atoms with Gasteiger partial charge in [-0.25, -0.2) is 9.99 Å². The van der Waals surface area contributed by atoms with Gasteiger partial charge in [-0.1, -0.05) is 13.8 Å². The van der Waals surface area contributed by atoms with Crippen LogP contribution in [0.3, 0.4) is 0 Å². The van der Waals surface area contributed by atoms with Crippen molar-refractivity contribution in [3.05, 3.63) is 54.6 Å². The maximum Gasteiger partial charge on any atom is 0.154 e. The molecule has 1 aliphatic rings. The van der Waals surface area contributed by atoms with Gasteiger partial charge in [0.25, 0.3) is 0 Å².